The summed E-state index contributed by atoms with van der Waals surface area (Å²) in [7, 11) is 0. The zero-order chi connectivity index (χ0) is 45.4. The number of aromatic nitrogens is 1. The Bertz CT molecular complexity index is 4260. The Morgan fingerprint density at radius 1 is 0.232 bits per heavy atom. The van der Waals surface area contributed by atoms with E-state index < -0.39 is 0 Å². The van der Waals surface area contributed by atoms with Crippen LogP contribution in [0.4, 0.5) is 0 Å². The molecule has 0 saturated carbocycles. The number of oxazole rings is 1. The van der Waals surface area contributed by atoms with Crippen LogP contribution in [0.1, 0.15) is 0 Å². The number of fused-ring (bicyclic) bond motifs is 7. The SMILES string of the molecule is c1ccc2cc(-c3c4ccccc4c(-c4ccc5ccccc5c4)c4cc(-c5ccc(-c6c7ccccc7c(-c7ccc(-c8nc9ccccc9o8)cc7)c7ccccc67)cc5)ccc34)ccc2c1. The highest BCUT2D eigenvalue weighted by atomic mass is 16.3. The average Bonchev–Trinajstić information content (AvgIpc) is 3.86. The van der Waals surface area contributed by atoms with Crippen molar-refractivity contribution in [3.8, 4) is 67.1 Å². The third kappa shape index (κ3) is 6.45. The Labute approximate surface area is 399 Å². The molecular formula is C67H41NO. The highest BCUT2D eigenvalue weighted by Crippen LogP contribution is 2.47. The van der Waals surface area contributed by atoms with E-state index in [1.54, 1.807) is 0 Å². The molecule has 2 heteroatoms. The second kappa shape index (κ2) is 15.8. The zero-order valence-corrected chi connectivity index (χ0v) is 37.5. The van der Waals surface area contributed by atoms with E-state index in [-0.39, 0.29) is 0 Å². The highest BCUT2D eigenvalue weighted by Gasteiger charge is 2.20. The largest absolute Gasteiger partial charge is 0.436 e. The van der Waals surface area contributed by atoms with Gasteiger partial charge in [0, 0.05) is 5.56 Å². The average molecular weight is 876 g/mol. The van der Waals surface area contributed by atoms with E-state index in [2.05, 4.69) is 224 Å². The number of hydrogen-bond acceptors (Lipinski definition) is 2. The summed E-state index contributed by atoms with van der Waals surface area (Å²) in [4.78, 5) is 4.76. The van der Waals surface area contributed by atoms with Crippen molar-refractivity contribution in [2.75, 3.05) is 0 Å². The molecule has 0 spiro atoms. The van der Waals surface area contributed by atoms with Crippen LogP contribution in [0.15, 0.2) is 253 Å². The maximum Gasteiger partial charge on any atom is 0.227 e. The van der Waals surface area contributed by atoms with E-state index in [1.165, 1.54) is 115 Å². The first-order chi connectivity index (χ1) is 34.2. The molecule has 0 bridgehead atoms. The molecule has 14 aromatic rings. The van der Waals surface area contributed by atoms with Gasteiger partial charge in [-0.3, -0.25) is 0 Å². The van der Waals surface area contributed by atoms with E-state index in [9.17, 15) is 0 Å². The molecule has 69 heavy (non-hydrogen) atoms. The first kappa shape index (κ1) is 39.1. The summed E-state index contributed by atoms with van der Waals surface area (Å²) in [5.41, 5.74) is 14.7. The van der Waals surface area contributed by atoms with Gasteiger partial charge in [-0.25, -0.2) is 4.98 Å². The Morgan fingerprint density at radius 3 is 1.10 bits per heavy atom. The molecule has 0 unspecified atom stereocenters. The molecule has 0 radical (unpaired) electrons. The molecule has 1 aromatic heterocycles. The fraction of sp³-hybridized carbons (Fsp3) is 0. The van der Waals surface area contributed by atoms with Crippen LogP contribution in [0.2, 0.25) is 0 Å². The zero-order valence-electron chi connectivity index (χ0n) is 37.5. The Morgan fingerprint density at radius 2 is 0.594 bits per heavy atom. The van der Waals surface area contributed by atoms with Gasteiger partial charge in [-0.2, -0.15) is 0 Å². The van der Waals surface area contributed by atoms with Gasteiger partial charge in [0.1, 0.15) is 5.52 Å². The maximum atomic E-state index is 6.13. The molecule has 13 aromatic carbocycles. The molecule has 0 amide bonds. The lowest BCUT2D eigenvalue weighted by molar-refractivity contribution is 0.620. The quantitative estimate of drug-likeness (QED) is 0.156. The lowest BCUT2D eigenvalue weighted by Gasteiger charge is -2.19. The van der Waals surface area contributed by atoms with Gasteiger partial charge in [0.05, 0.1) is 0 Å². The smallest absolute Gasteiger partial charge is 0.227 e. The summed E-state index contributed by atoms with van der Waals surface area (Å²) < 4.78 is 6.13. The van der Waals surface area contributed by atoms with Crippen LogP contribution >= 0.6 is 0 Å². The number of rotatable bonds is 6. The minimum atomic E-state index is 0.629. The molecule has 0 aliphatic carbocycles. The van der Waals surface area contributed by atoms with E-state index in [0.717, 1.165) is 22.2 Å². The molecule has 0 N–H and O–H groups in total. The van der Waals surface area contributed by atoms with Gasteiger partial charge in [-0.1, -0.05) is 206 Å². The van der Waals surface area contributed by atoms with E-state index >= 15 is 0 Å². The molecule has 0 saturated heterocycles. The second-order valence-electron chi connectivity index (χ2n) is 18.2. The number of benzene rings is 13. The third-order valence-electron chi connectivity index (χ3n) is 14.3. The van der Waals surface area contributed by atoms with Crippen LogP contribution in [0.3, 0.4) is 0 Å². The Balaban J connectivity index is 0.916. The van der Waals surface area contributed by atoms with Gasteiger partial charge in [0.2, 0.25) is 5.89 Å². The van der Waals surface area contributed by atoms with Crippen molar-refractivity contribution in [3.63, 3.8) is 0 Å². The molecule has 0 atom stereocenters. The van der Waals surface area contributed by atoms with Gasteiger partial charge in [-0.05, 0) is 163 Å². The van der Waals surface area contributed by atoms with Crippen LogP contribution < -0.4 is 0 Å². The van der Waals surface area contributed by atoms with E-state index in [0.29, 0.717) is 5.89 Å². The van der Waals surface area contributed by atoms with E-state index in [1.807, 2.05) is 24.3 Å². The third-order valence-corrected chi connectivity index (χ3v) is 14.3. The summed E-state index contributed by atoms with van der Waals surface area (Å²) >= 11 is 0. The lowest BCUT2D eigenvalue weighted by Crippen LogP contribution is -1.92. The van der Waals surface area contributed by atoms with Crippen molar-refractivity contribution in [1.29, 1.82) is 0 Å². The van der Waals surface area contributed by atoms with Crippen LogP contribution in [0, 0.1) is 0 Å². The van der Waals surface area contributed by atoms with Gasteiger partial charge in [0.15, 0.2) is 5.58 Å². The molecular weight excluding hydrogens is 835 g/mol. The maximum absolute atomic E-state index is 6.13. The van der Waals surface area contributed by atoms with Crippen LogP contribution in [0.25, 0.3) is 143 Å². The van der Waals surface area contributed by atoms with Gasteiger partial charge < -0.3 is 4.42 Å². The van der Waals surface area contributed by atoms with Gasteiger partial charge in [0.25, 0.3) is 0 Å². The minimum absolute atomic E-state index is 0.629. The van der Waals surface area contributed by atoms with Gasteiger partial charge in [-0.15, -0.1) is 0 Å². The fourth-order valence-electron chi connectivity index (χ4n) is 11.0. The Hall–Kier alpha value is -9.11. The summed E-state index contributed by atoms with van der Waals surface area (Å²) in [6, 6.07) is 90.8. The molecule has 0 aliphatic heterocycles. The normalized spacial score (nSPS) is 11.8. The van der Waals surface area contributed by atoms with Crippen molar-refractivity contribution in [3.05, 3.63) is 249 Å². The first-order valence-corrected chi connectivity index (χ1v) is 23.7. The van der Waals surface area contributed by atoms with Crippen molar-refractivity contribution in [2.24, 2.45) is 0 Å². The molecule has 2 nitrogen and oxygen atoms in total. The lowest BCUT2D eigenvalue weighted by atomic mass is 9.84. The minimum Gasteiger partial charge on any atom is -0.436 e. The van der Waals surface area contributed by atoms with Crippen molar-refractivity contribution in [1.82, 2.24) is 4.98 Å². The molecule has 0 aliphatic rings. The number of hydrogen-bond donors (Lipinski definition) is 0. The summed E-state index contributed by atoms with van der Waals surface area (Å²) in [6.45, 7) is 0. The fourth-order valence-corrected chi connectivity index (χ4v) is 11.0. The molecule has 14 rings (SSSR count). The van der Waals surface area contributed by atoms with Crippen LogP contribution in [-0.2, 0) is 0 Å². The molecule has 0 fully saturated rings. The molecule has 1 heterocycles. The van der Waals surface area contributed by atoms with Crippen LogP contribution in [-0.4, -0.2) is 4.98 Å². The number of nitrogens with zero attached hydrogens (tertiary/aromatic N) is 1. The second-order valence-corrected chi connectivity index (χ2v) is 18.2. The number of para-hydroxylation sites is 2. The summed E-state index contributed by atoms with van der Waals surface area (Å²) in [5, 5.41) is 14.8. The first-order valence-electron chi connectivity index (χ1n) is 23.7. The standard InChI is InChI=1S/C67H41NO/c1-3-15-48-39-51(35-27-42(48)13-1)65-57-21-9-10-22-58(57)66(52-36-28-43-14-2-4-16-49(43)40-52)60-41-50(37-38-59(60)65)44-25-29-45(30-26-44)63-53-17-5-7-19-55(53)64(56-20-8-6-18-54(56)63)46-31-33-47(34-32-46)67-68-61-23-11-12-24-62(61)69-67/h1-41H. The van der Waals surface area contributed by atoms with E-state index in [4.69, 9.17) is 9.40 Å². The predicted molar refractivity (Wildman–Crippen MR) is 292 cm³/mol. The predicted octanol–water partition coefficient (Wildman–Crippen LogP) is 18.7. The topological polar surface area (TPSA) is 26.0 Å². The van der Waals surface area contributed by atoms with Crippen LogP contribution in [0.5, 0.6) is 0 Å². The summed E-state index contributed by atoms with van der Waals surface area (Å²) in [6.07, 6.45) is 0. The van der Waals surface area contributed by atoms with Crippen molar-refractivity contribution < 1.29 is 4.42 Å². The summed E-state index contributed by atoms with van der Waals surface area (Å²) in [5.74, 6) is 0.629. The van der Waals surface area contributed by atoms with Gasteiger partial charge >= 0.3 is 0 Å². The Kier molecular flexibility index (Phi) is 8.93. The monoisotopic (exact) mass is 875 g/mol. The highest BCUT2D eigenvalue weighted by molar-refractivity contribution is 6.24. The van der Waals surface area contributed by atoms with Crippen molar-refractivity contribution >= 4 is 75.7 Å². The van der Waals surface area contributed by atoms with Crippen molar-refractivity contribution in [2.45, 2.75) is 0 Å². The molecule has 320 valence electrons.